The van der Waals surface area contributed by atoms with Crippen LogP contribution in [0.4, 0.5) is 0 Å². The van der Waals surface area contributed by atoms with Gasteiger partial charge in [-0.25, -0.2) is 23.3 Å². The first kappa shape index (κ1) is 41.4. The molecule has 4 rings (SSSR count). The average molecular weight is 683 g/mol. The van der Waals surface area contributed by atoms with Gasteiger partial charge in [0.2, 0.25) is 0 Å². The van der Waals surface area contributed by atoms with Gasteiger partial charge in [-0.05, 0) is 82.9 Å². The molecular formula is C38H64Cl2Zr. The van der Waals surface area contributed by atoms with E-state index in [9.17, 15) is 0 Å². The van der Waals surface area contributed by atoms with E-state index < -0.39 is 0 Å². The molecule has 0 aliphatic heterocycles. The summed E-state index contributed by atoms with van der Waals surface area (Å²) in [4.78, 5) is 0. The van der Waals surface area contributed by atoms with Crippen molar-refractivity contribution in [2.45, 2.75) is 147 Å². The normalized spacial score (nSPS) is 33.2. The molecular weight excluding hydrogens is 619 g/mol. The van der Waals surface area contributed by atoms with E-state index in [1.165, 1.54) is 62.5 Å². The number of rotatable bonds is 6. The third-order valence-corrected chi connectivity index (χ3v) is 13.2. The van der Waals surface area contributed by atoms with Crippen molar-refractivity contribution in [2.75, 3.05) is 0 Å². The molecule has 0 aromatic rings. The Morgan fingerprint density at radius 1 is 0.610 bits per heavy atom. The molecule has 0 bridgehead atoms. The summed E-state index contributed by atoms with van der Waals surface area (Å²) in [6.07, 6.45) is 29.2. The largest absolute Gasteiger partial charge is 2.00 e. The van der Waals surface area contributed by atoms with E-state index in [4.69, 9.17) is 0 Å². The van der Waals surface area contributed by atoms with E-state index in [2.05, 4.69) is 120 Å². The topological polar surface area (TPSA) is 0 Å². The van der Waals surface area contributed by atoms with Crippen LogP contribution in [0.15, 0.2) is 35.5 Å². The van der Waals surface area contributed by atoms with Crippen molar-refractivity contribution in [3.05, 3.63) is 47.6 Å². The van der Waals surface area contributed by atoms with E-state index in [-0.39, 0.29) is 51.0 Å². The Kier molecular flexibility index (Phi) is 15.3. The second-order valence-corrected chi connectivity index (χ2v) is 16.4. The van der Waals surface area contributed by atoms with Crippen molar-refractivity contribution >= 4 is 24.8 Å². The first-order chi connectivity index (χ1) is 17.4. The molecule has 41 heavy (non-hydrogen) atoms. The fraction of sp³-hybridized carbons (Fsp3) is 0.789. The zero-order valence-electron chi connectivity index (χ0n) is 28.9. The summed E-state index contributed by atoms with van der Waals surface area (Å²) < 4.78 is 0. The predicted molar refractivity (Wildman–Crippen MR) is 182 cm³/mol. The molecule has 0 spiro atoms. The van der Waals surface area contributed by atoms with Gasteiger partial charge in [0.15, 0.2) is 0 Å². The van der Waals surface area contributed by atoms with Crippen LogP contribution in [-0.4, -0.2) is 0 Å². The zero-order valence-corrected chi connectivity index (χ0v) is 32.9. The van der Waals surface area contributed by atoms with Crippen LogP contribution in [0.1, 0.15) is 147 Å². The third kappa shape index (κ3) is 8.37. The average Bonchev–Trinajstić information content (AvgIpc) is 3.54. The second kappa shape index (κ2) is 15.1. The van der Waals surface area contributed by atoms with Crippen LogP contribution in [0, 0.1) is 56.5 Å². The van der Waals surface area contributed by atoms with Crippen molar-refractivity contribution in [3.63, 3.8) is 0 Å². The van der Waals surface area contributed by atoms with Crippen LogP contribution in [0.25, 0.3) is 0 Å². The first-order valence-corrected chi connectivity index (χ1v) is 16.0. The molecule has 4 atom stereocenters. The van der Waals surface area contributed by atoms with Crippen LogP contribution in [0.5, 0.6) is 0 Å². The Labute approximate surface area is 288 Å². The fourth-order valence-corrected chi connectivity index (χ4v) is 8.41. The molecule has 234 valence electrons. The van der Waals surface area contributed by atoms with Gasteiger partial charge in [0.25, 0.3) is 0 Å². The molecule has 0 aromatic heterocycles. The zero-order chi connectivity index (χ0) is 28.6. The Morgan fingerprint density at radius 2 is 0.927 bits per heavy atom. The quantitative estimate of drug-likeness (QED) is 0.245. The number of allylic oxidation sites excluding steroid dienone is 8. The molecule has 0 heterocycles. The minimum absolute atomic E-state index is 0. The van der Waals surface area contributed by atoms with E-state index in [0.29, 0.717) is 32.5 Å². The van der Waals surface area contributed by atoms with Gasteiger partial charge in [0.05, 0.1) is 0 Å². The summed E-state index contributed by atoms with van der Waals surface area (Å²) >= 11 is 0. The molecule has 0 saturated heterocycles. The molecule has 4 unspecified atom stereocenters. The van der Waals surface area contributed by atoms with Crippen molar-refractivity contribution in [1.82, 2.24) is 0 Å². The fourth-order valence-electron chi connectivity index (χ4n) is 8.41. The van der Waals surface area contributed by atoms with Crippen molar-refractivity contribution in [3.8, 4) is 0 Å². The first-order valence-electron chi connectivity index (χ1n) is 16.0. The Balaban J connectivity index is 0.000000727. The molecule has 2 saturated carbocycles. The van der Waals surface area contributed by atoms with Gasteiger partial charge in [-0.2, -0.15) is 12.2 Å². The molecule has 0 radical (unpaired) electrons. The smallest absolute Gasteiger partial charge is 0.269 e. The van der Waals surface area contributed by atoms with Gasteiger partial charge in [0.1, 0.15) is 0 Å². The minimum Gasteiger partial charge on any atom is -0.269 e. The molecule has 2 fully saturated rings. The van der Waals surface area contributed by atoms with Crippen LogP contribution in [-0.2, 0) is 26.2 Å². The summed E-state index contributed by atoms with van der Waals surface area (Å²) in [5.74, 6) is 1.47. The second-order valence-electron chi connectivity index (χ2n) is 16.4. The maximum Gasteiger partial charge on any atom is 2.00 e. The number of hydrogen-bond acceptors (Lipinski definition) is 0. The summed E-state index contributed by atoms with van der Waals surface area (Å²) in [5.41, 5.74) is 5.36. The summed E-state index contributed by atoms with van der Waals surface area (Å²) in [6, 6.07) is 0. The Morgan fingerprint density at radius 3 is 1.17 bits per heavy atom. The summed E-state index contributed by atoms with van der Waals surface area (Å²) in [5, 5.41) is 0. The van der Waals surface area contributed by atoms with Crippen LogP contribution >= 0.6 is 24.8 Å². The van der Waals surface area contributed by atoms with Gasteiger partial charge in [-0.1, -0.05) is 95.9 Å². The van der Waals surface area contributed by atoms with Crippen LogP contribution < -0.4 is 0 Å². The number of hydrogen-bond donors (Lipinski definition) is 0. The van der Waals surface area contributed by atoms with Crippen LogP contribution in [0.2, 0.25) is 0 Å². The van der Waals surface area contributed by atoms with E-state index >= 15 is 0 Å². The molecule has 0 N–H and O–H groups in total. The Bertz CT molecular complexity index is 889. The van der Waals surface area contributed by atoms with E-state index in [0.717, 1.165) is 24.7 Å². The van der Waals surface area contributed by atoms with Gasteiger partial charge in [-0.15, -0.1) is 37.7 Å². The Hall–Kier alpha value is 0.423. The predicted octanol–water partition coefficient (Wildman–Crippen LogP) is 12.7. The molecule has 4 aliphatic carbocycles. The van der Waals surface area contributed by atoms with Gasteiger partial charge in [0, 0.05) is 0 Å². The van der Waals surface area contributed by atoms with Crippen LogP contribution in [0.3, 0.4) is 0 Å². The SMILES string of the molecule is CC(C)C(C)(C)C1(C)CCCC(C)(C2=[C-]CC=C2)C1.CC(C)C(C)(C)C1(C)CCCC(C)(C2=[C-]CC=C2)C1.Cl.Cl.[Zr+2]. The summed E-state index contributed by atoms with van der Waals surface area (Å²) in [6.45, 7) is 29.5. The van der Waals surface area contributed by atoms with Gasteiger partial charge >= 0.3 is 26.2 Å². The maximum absolute atomic E-state index is 3.59. The van der Waals surface area contributed by atoms with E-state index in [1.807, 2.05) is 0 Å². The summed E-state index contributed by atoms with van der Waals surface area (Å²) in [7, 11) is 0. The molecule has 3 heteroatoms. The van der Waals surface area contributed by atoms with Gasteiger partial charge in [-0.3, -0.25) is 12.2 Å². The minimum atomic E-state index is 0. The standard InChI is InChI=1S/2C19H31.2ClH.Zr/c2*1-15(2)17(3,4)19(6)13-9-12-18(5,14-19)16-10-7-8-11-16;;;/h2*7,10,15H,8-9,12-14H2,1-6H3;2*1H;/q2*-1;;;+2. The maximum atomic E-state index is 3.59. The van der Waals surface area contributed by atoms with E-state index in [1.54, 1.807) is 0 Å². The van der Waals surface area contributed by atoms with Gasteiger partial charge < -0.3 is 0 Å². The molecule has 0 nitrogen and oxygen atoms in total. The third-order valence-electron chi connectivity index (χ3n) is 13.2. The van der Waals surface area contributed by atoms with Crippen molar-refractivity contribution in [1.29, 1.82) is 0 Å². The molecule has 0 amide bonds. The number of halogens is 2. The van der Waals surface area contributed by atoms with Crippen molar-refractivity contribution in [2.24, 2.45) is 44.3 Å². The molecule has 4 aliphatic rings. The monoisotopic (exact) mass is 680 g/mol. The molecule has 0 aromatic carbocycles. The van der Waals surface area contributed by atoms with Crippen molar-refractivity contribution < 1.29 is 26.2 Å².